The molecule has 5 heteroatoms. The van der Waals surface area contributed by atoms with Crippen LogP contribution in [0.4, 0.5) is 0 Å². The van der Waals surface area contributed by atoms with E-state index in [2.05, 4.69) is 118 Å². The molecule has 354 valence electrons. The molecule has 62 heavy (non-hydrogen) atoms. The van der Waals surface area contributed by atoms with Crippen molar-refractivity contribution >= 4 is 11.9 Å². The van der Waals surface area contributed by atoms with Gasteiger partial charge in [0.05, 0.1) is 6.61 Å². The molecule has 0 N–H and O–H groups in total. The number of allylic oxidation sites excluding steroid dienone is 16. The molecular formula is C57H96O5. The molecule has 0 fully saturated rings. The summed E-state index contributed by atoms with van der Waals surface area (Å²) >= 11 is 0. The minimum absolute atomic E-state index is 0.0437. The van der Waals surface area contributed by atoms with Crippen LogP contribution in [0.15, 0.2) is 97.2 Å². The van der Waals surface area contributed by atoms with E-state index >= 15 is 0 Å². The quantitative estimate of drug-likeness (QED) is 0.0347. The van der Waals surface area contributed by atoms with E-state index in [1.165, 1.54) is 103 Å². The Morgan fingerprint density at radius 2 is 0.742 bits per heavy atom. The Morgan fingerprint density at radius 1 is 0.371 bits per heavy atom. The summed E-state index contributed by atoms with van der Waals surface area (Å²) < 4.78 is 17.3. The monoisotopic (exact) mass is 861 g/mol. The van der Waals surface area contributed by atoms with Crippen LogP contribution in [0.5, 0.6) is 0 Å². The largest absolute Gasteiger partial charge is 0.462 e. The van der Waals surface area contributed by atoms with Crippen molar-refractivity contribution in [3.8, 4) is 0 Å². The zero-order chi connectivity index (χ0) is 44.9. The fourth-order valence-electron chi connectivity index (χ4n) is 6.75. The summed E-state index contributed by atoms with van der Waals surface area (Å²) in [5, 5.41) is 0. The van der Waals surface area contributed by atoms with Gasteiger partial charge in [-0.2, -0.15) is 0 Å². The van der Waals surface area contributed by atoms with Gasteiger partial charge in [-0.25, -0.2) is 0 Å². The molecule has 0 aromatic heterocycles. The van der Waals surface area contributed by atoms with E-state index in [4.69, 9.17) is 14.2 Å². The maximum Gasteiger partial charge on any atom is 0.306 e. The Hall–Kier alpha value is -3.18. The highest BCUT2D eigenvalue weighted by molar-refractivity contribution is 5.70. The first kappa shape index (κ1) is 58.8. The minimum Gasteiger partial charge on any atom is -0.462 e. The molecule has 0 aliphatic heterocycles. The number of rotatable bonds is 46. The summed E-state index contributed by atoms with van der Waals surface area (Å²) in [6, 6.07) is 0. The third-order valence-corrected chi connectivity index (χ3v) is 10.6. The molecular weight excluding hydrogens is 765 g/mol. The predicted molar refractivity (Wildman–Crippen MR) is 270 cm³/mol. The second kappa shape index (κ2) is 52.2. The summed E-state index contributed by atoms with van der Waals surface area (Å²) in [7, 11) is 0. The Morgan fingerprint density at radius 3 is 1.26 bits per heavy atom. The van der Waals surface area contributed by atoms with Crippen molar-refractivity contribution in [2.75, 3.05) is 19.8 Å². The average Bonchev–Trinajstić information content (AvgIpc) is 3.27. The van der Waals surface area contributed by atoms with Crippen LogP contribution in [-0.2, 0) is 23.8 Å². The van der Waals surface area contributed by atoms with Gasteiger partial charge in [-0.3, -0.25) is 9.59 Å². The molecule has 0 spiro atoms. The van der Waals surface area contributed by atoms with Crippen LogP contribution in [0, 0.1) is 0 Å². The van der Waals surface area contributed by atoms with Crippen LogP contribution >= 0.6 is 0 Å². The summed E-state index contributed by atoms with van der Waals surface area (Å²) in [5.41, 5.74) is 0. The number of carbonyl (C=O) groups is 2. The lowest BCUT2D eigenvalue weighted by Gasteiger charge is -2.18. The van der Waals surface area contributed by atoms with Gasteiger partial charge >= 0.3 is 11.9 Å². The molecule has 0 aromatic carbocycles. The molecule has 0 bridgehead atoms. The summed E-state index contributed by atoms with van der Waals surface area (Å²) in [4.78, 5) is 25.4. The second-order valence-corrected chi connectivity index (χ2v) is 16.7. The van der Waals surface area contributed by atoms with Gasteiger partial charge in [-0.1, -0.05) is 195 Å². The van der Waals surface area contributed by atoms with Gasteiger partial charge in [0.1, 0.15) is 6.61 Å². The maximum atomic E-state index is 12.8. The lowest BCUT2D eigenvalue weighted by Crippen LogP contribution is -2.30. The highest BCUT2D eigenvalue weighted by Gasteiger charge is 2.17. The van der Waals surface area contributed by atoms with E-state index in [1.54, 1.807) is 0 Å². The topological polar surface area (TPSA) is 61.8 Å². The highest BCUT2D eigenvalue weighted by Crippen LogP contribution is 2.12. The molecule has 0 rings (SSSR count). The van der Waals surface area contributed by atoms with Gasteiger partial charge in [-0.05, 0) is 116 Å². The van der Waals surface area contributed by atoms with E-state index in [1.807, 2.05) is 0 Å². The van der Waals surface area contributed by atoms with Crippen molar-refractivity contribution in [3.63, 3.8) is 0 Å². The number of ether oxygens (including phenoxy) is 3. The highest BCUT2D eigenvalue weighted by atomic mass is 16.6. The molecule has 0 amide bonds. The van der Waals surface area contributed by atoms with Crippen LogP contribution in [0.3, 0.4) is 0 Å². The average molecular weight is 861 g/mol. The van der Waals surface area contributed by atoms with Gasteiger partial charge in [0.25, 0.3) is 0 Å². The van der Waals surface area contributed by atoms with E-state index < -0.39 is 6.10 Å². The Balaban J connectivity index is 4.40. The van der Waals surface area contributed by atoms with Crippen molar-refractivity contribution in [2.45, 2.75) is 232 Å². The van der Waals surface area contributed by atoms with E-state index in [0.29, 0.717) is 19.4 Å². The maximum absolute atomic E-state index is 12.8. The van der Waals surface area contributed by atoms with Crippen LogP contribution in [0.1, 0.15) is 226 Å². The third-order valence-electron chi connectivity index (χ3n) is 10.6. The van der Waals surface area contributed by atoms with Gasteiger partial charge < -0.3 is 14.2 Å². The standard InChI is InChI=1S/C57H96O5/c1-4-7-10-13-16-19-22-25-27-29-30-33-35-38-41-44-47-50-56(58)61-54-55(62-57(59)51-48-45-42-39-36-32-24-21-18-15-12-9-6-3)53-60-52-49-46-43-40-37-34-31-28-26-23-20-17-14-11-8-5-2/h7,10,16-17,19-21,24-28,30,33,38,41,55H,4-6,8-9,11-15,18,22-23,29,31-32,34-37,39-40,42-54H2,1-3H3/b10-7-,19-16-,20-17-,24-21-,27-25-,28-26-,33-30-,41-38-. The first-order chi connectivity index (χ1) is 30.6. The zero-order valence-corrected chi connectivity index (χ0v) is 40.6. The summed E-state index contributed by atoms with van der Waals surface area (Å²) in [6.07, 6.45) is 69.9. The molecule has 0 radical (unpaired) electrons. The van der Waals surface area contributed by atoms with Crippen LogP contribution in [-0.4, -0.2) is 37.9 Å². The molecule has 0 aliphatic carbocycles. The fraction of sp³-hybridized carbons (Fsp3) is 0.684. The molecule has 0 heterocycles. The number of carbonyl (C=O) groups excluding carboxylic acids is 2. The van der Waals surface area contributed by atoms with E-state index in [0.717, 1.165) is 89.9 Å². The number of hydrogen-bond donors (Lipinski definition) is 0. The van der Waals surface area contributed by atoms with Gasteiger partial charge in [0, 0.05) is 19.4 Å². The SMILES string of the molecule is CC/C=C\C/C=C\C/C=C\C/C=C\C/C=C\CCCC(=O)OCC(COCCCCCCCC/C=C\C/C=C\CCCCC)OC(=O)CCCCCCC/C=C\CCCCCC. The Bertz CT molecular complexity index is 1200. The summed E-state index contributed by atoms with van der Waals surface area (Å²) in [5.74, 6) is -0.484. The van der Waals surface area contributed by atoms with Crippen molar-refractivity contribution in [3.05, 3.63) is 97.2 Å². The first-order valence-corrected chi connectivity index (χ1v) is 25.8. The van der Waals surface area contributed by atoms with E-state index in [9.17, 15) is 9.59 Å². The normalized spacial score (nSPS) is 13.0. The zero-order valence-electron chi connectivity index (χ0n) is 40.6. The van der Waals surface area contributed by atoms with Crippen molar-refractivity contribution in [1.29, 1.82) is 0 Å². The molecule has 0 aromatic rings. The third kappa shape index (κ3) is 49.5. The molecule has 0 saturated carbocycles. The molecule has 1 atom stereocenters. The second-order valence-electron chi connectivity index (χ2n) is 16.7. The predicted octanol–water partition coefficient (Wildman–Crippen LogP) is 17.5. The Kier molecular flexibility index (Phi) is 49.5. The lowest BCUT2D eigenvalue weighted by atomic mass is 10.1. The molecule has 1 unspecified atom stereocenters. The van der Waals surface area contributed by atoms with Crippen molar-refractivity contribution < 1.29 is 23.8 Å². The fourth-order valence-corrected chi connectivity index (χ4v) is 6.75. The van der Waals surface area contributed by atoms with Crippen molar-refractivity contribution in [1.82, 2.24) is 0 Å². The van der Waals surface area contributed by atoms with E-state index in [-0.39, 0.29) is 25.2 Å². The van der Waals surface area contributed by atoms with Crippen molar-refractivity contribution in [2.24, 2.45) is 0 Å². The van der Waals surface area contributed by atoms with Crippen LogP contribution < -0.4 is 0 Å². The minimum atomic E-state index is -0.573. The van der Waals surface area contributed by atoms with Gasteiger partial charge in [0.2, 0.25) is 0 Å². The van der Waals surface area contributed by atoms with Gasteiger partial charge in [0.15, 0.2) is 6.10 Å². The Labute approximate surface area is 383 Å². The number of unbranched alkanes of at least 4 members (excludes halogenated alkanes) is 19. The molecule has 0 aliphatic rings. The lowest BCUT2D eigenvalue weighted by molar-refractivity contribution is -0.163. The van der Waals surface area contributed by atoms with Crippen LogP contribution in [0.2, 0.25) is 0 Å². The number of hydrogen-bond acceptors (Lipinski definition) is 5. The van der Waals surface area contributed by atoms with Crippen LogP contribution in [0.25, 0.3) is 0 Å². The molecule has 5 nitrogen and oxygen atoms in total. The first-order valence-electron chi connectivity index (χ1n) is 25.8. The van der Waals surface area contributed by atoms with Gasteiger partial charge in [-0.15, -0.1) is 0 Å². The molecule has 0 saturated heterocycles. The summed E-state index contributed by atoms with van der Waals surface area (Å²) in [6.45, 7) is 7.58. The number of esters is 2. The smallest absolute Gasteiger partial charge is 0.306 e.